The summed E-state index contributed by atoms with van der Waals surface area (Å²) < 4.78 is 27.7. The van der Waals surface area contributed by atoms with Gasteiger partial charge in [-0.25, -0.2) is 8.78 Å². The number of halogens is 2. The average molecular weight is 227 g/mol. The smallest absolute Gasteiger partial charge is 0.273 e. The number of rotatable bonds is 3. The minimum atomic E-state index is -2.85. The summed E-state index contributed by atoms with van der Waals surface area (Å²) in [5.74, 6) is -2.94. The second kappa shape index (κ2) is 4.37. The summed E-state index contributed by atoms with van der Waals surface area (Å²) in [6.45, 7) is 1.48. The molecule has 0 aromatic heterocycles. The molecule has 1 heterocycles. The maximum Gasteiger partial charge on any atom is 0.273 e. The fourth-order valence-electron chi connectivity index (χ4n) is 2.10. The molecule has 0 spiro atoms. The molecule has 2 N–H and O–H groups in total. The molecule has 1 aromatic rings. The van der Waals surface area contributed by atoms with Gasteiger partial charge < -0.3 is 10.4 Å². The van der Waals surface area contributed by atoms with E-state index in [-0.39, 0.29) is 23.7 Å². The Morgan fingerprint density at radius 2 is 2.25 bits per heavy atom. The average Bonchev–Trinajstić information content (AvgIpc) is 2.70. The van der Waals surface area contributed by atoms with Crippen LogP contribution in [0.4, 0.5) is 8.78 Å². The molecule has 1 aromatic carbocycles. The number of phenols is 1. The summed E-state index contributed by atoms with van der Waals surface area (Å²) in [4.78, 5) is 0. The number of alkyl halides is 2. The first-order chi connectivity index (χ1) is 7.58. The summed E-state index contributed by atoms with van der Waals surface area (Å²) in [7, 11) is 0. The van der Waals surface area contributed by atoms with E-state index >= 15 is 0 Å². The van der Waals surface area contributed by atoms with Crippen LogP contribution in [0.1, 0.15) is 18.4 Å². The van der Waals surface area contributed by atoms with Gasteiger partial charge in [-0.15, -0.1) is 0 Å². The molecule has 0 amide bonds. The zero-order chi connectivity index (χ0) is 11.6. The first-order valence-electron chi connectivity index (χ1n) is 5.46. The van der Waals surface area contributed by atoms with Crippen molar-refractivity contribution in [3.8, 4) is 5.75 Å². The van der Waals surface area contributed by atoms with E-state index in [0.717, 1.165) is 19.0 Å². The van der Waals surface area contributed by atoms with E-state index in [2.05, 4.69) is 5.32 Å². The molecule has 2 rings (SSSR count). The summed E-state index contributed by atoms with van der Waals surface area (Å²) in [5, 5.41) is 12.3. The quantitative estimate of drug-likeness (QED) is 0.831. The predicted molar refractivity (Wildman–Crippen MR) is 57.6 cm³/mol. The van der Waals surface area contributed by atoms with Crippen molar-refractivity contribution in [3.63, 3.8) is 0 Å². The highest BCUT2D eigenvalue weighted by Gasteiger charge is 2.35. The molecule has 1 unspecified atom stereocenters. The van der Waals surface area contributed by atoms with Gasteiger partial charge in [-0.1, -0.05) is 12.1 Å². The van der Waals surface area contributed by atoms with Crippen molar-refractivity contribution < 1.29 is 13.9 Å². The summed E-state index contributed by atoms with van der Waals surface area (Å²) in [6, 6.07) is 5.35. The van der Waals surface area contributed by atoms with E-state index in [0.29, 0.717) is 6.54 Å². The van der Waals surface area contributed by atoms with E-state index in [1.165, 1.54) is 18.2 Å². The Hall–Kier alpha value is -1.16. The van der Waals surface area contributed by atoms with Gasteiger partial charge in [0.2, 0.25) is 0 Å². The van der Waals surface area contributed by atoms with Crippen molar-refractivity contribution in [1.82, 2.24) is 5.32 Å². The van der Waals surface area contributed by atoms with Crippen molar-refractivity contribution >= 4 is 0 Å². The van der Waals surface area contributed by atoms with Crippen LogP contribution in [0.2, 0.25) is 0 Å². The van der Waals surface area contributed by atoms with Gasteiger partial charge >= 0.3 is 0 Å². The Kier molecular flexibility index (Phi) is 3.10. The predicted octanol–water partition coefficient (Wildman–Crippen LogP) is 2.48. The Bertz CT molecular complexity index is 362. The summed E-state index contributed by atoms with van der Waals surface area (Å²) in [5.41, 5.74) is -0.0978. The van der Waals surface area contributed by atoms with Crippen molar-refractivity contribution in [3.05, 3.63) is 29.8 Å². The highest BCUT2D eigenvalue weighted by atomic mass is 19.3. The van der Waals surface area contributed by atoms with Gasteiger partial charge in [-0.05, 0) is 37.6 Å². The van der Waals surface area contributed by atoms with E-state index < -0.39 is 5.92 Å². The van der Waals surface area contributed by atoms with Crippen LogP contribution in [0, 0.1) is 5.92 Å². The third-order valence-electron chi connectivity index (χ3n) is 2.98. The van der Waals surface area contributed by atoms with Crippen LogP contribution in [0.25, 0.3) is 0 Å². The van der Waals surface area contributed by atoms with Gasteiger partial charge in [0, 0.05) is 12.0 Å². The Balaban J connectivity index is 2.10. The fourth-order valence-corrected chi connectivity index (χ4v) is 2.10. The normalized spacial score (nSPS) is 21.2. The number of hydrogen-bond donors (Lipinski definition) is 2. The van der Waals surface area contributed by atoms with Gasteiger partial charge in [0.05, 0.1) is 0 Å². The molecule has 2 nitrogen and oxygen atoms in total. The second-order valence-electron chi connectivity index (χ2n) is 4.32. The Morgan fingerprint density at radius 1 is 1.44 bits per heavy atom. The largest absolute Gasteiger partial charge is 0.508 e. The molecule has 1 saturated heterocycles. The van der Waals surface area contributed by atoms with Gasteiger partial charge in [-0.3, -0.25) is 0 Å². The zero-order valence-electron chi connectivity index (χ0n) is 8.92. The van der Waals surface area contributed by atoms with Crippen molar-refractivity contribution in [2.24, 2.45) is 5.92 Å². The molecule has 0 aliphatic carbocycles. The number of aromatic hydroxyl groups is 1. The van der Waals surface area contributed by atoms with Crippen LogP contribution < -0.4 is 5.32 Å². The van der Waals surface area contributed by atoms with E-state index in [4.69, 9.17) is 0 Å². The number of phenolic OH excluding ortho intramolecular Hbond substituents is 1. The lowest BCUT2D eigenvalue weighted by Crippen LogP contribution is -2.20. The Morgan fingerprint density at radius 3 is 2.88 bits per heavy atom. The molecule has 1 atom stereocenters. The highest BCUT2D eigenvalue weighted by Crippen LogP contribution is 2.37. The standard InChI is InChI=1S/C12H15F2NO/c13-12(14,7-9-4-5-15-8-9)10-2-1-3-11(16)6-10/h1-3,6,9,15-16H,4-5,7-8H2. The first kappa shape index (κ1) is 11.3. The zero-order valence-corrected chi connectivity index (χ0v) is 8.92. The molecular weight excluding hydrogens is 212 g/mol. The monoisotopic (exact) mass is 227 g/mol. The van der Waals surface area contributed by atoms with Crippen LogP contribution in [0.5, 0.6) is 5.75 Å². The fraction of sp³-hybridized carbons (Fsp3) is 0.500. The number of benzene rings is 1. The van der Waals surface area contributed by atoms with Crippen LogP contribution in [-0.2, 0) is 5.92 Å². The van der Waals surface area contributed by atoms with Gasteiger partial charge in [0.1, 0.15) is 5.75 Å². The second-order valence-corrected chi connectivity index (χ2v) is 4.32. The molecule has 4 heteroatoms. The van der Waals surface area contributed by atoms with E-state index in [1.807, 2.05) is 0 Å². The van der Waals surface area contributed by atoms with Crippen molar-refractivity contribution in [1.29, 1.82) is 0 Å². The maximum atomic E-state index is 13.8. The molecule has 0 bridgehead atoms. The van der Waals surface area contributed by atoms with Gasteiger partial charge in [-0.2, -0.15) is 0 Å². The molecule has 88 valence electrons. The lowest BCUT2D eigenvalue weighted by molar-refractivity contribution is -0.0269. The topological polar surface area (TPSA) is 32.3 Å². The van der Waals surface area contributed by atoms with Crippen molar-refractivity contribution in [2.75, 3.05) is 13.1 Å². The van der Waals surface area contributed by atoms with Crippen LogP contribution >= 0.6 is 0 Å². The number of hydrogen-bond acceptors (Lipinski definition) is 2. The van der Waals surface area contributed by atoms with E-state index in [9.17, 15) is 13.9 Å². The molecule has 16 heavy (non-hydrogen) atoms. The van der Waals surface area contributed by atoms with Crippen LogP contribution in [0.15, 0.2) is 24.3 Å². The minimum absolute atomic E-state index is 0.0253. The summed E-state index contributed by atoms with van der Waals surface area (Å²) >= 11 is 0. The molecule has 0 saturated carbocycles. The molecular formula is C12H15F2NO. The SMILES string of the molecule is Oc1cccc(C(F)(F)CC2CCNC2)c1. The molecule has 0 radical (unpaired) electrons. The van der Waals surface area contributed by atoms with Crippen molar-refractivity contribution in [2.45, 2.75) is 18.8 Å². The van der Waals surface area contributed by atoms with E-state index in [1.54, 1.807) is 0 Å². The lowest BCUT2D eigenvalue weighted by Gasteiger charge is -2.20. The minimum Gasteiger partial charge on any atom is -0.508 e. The third kappa shape index (κ3) is 2.50. The molecule has 1 fully saturated rings. The van der Waals surface area contributed by atoms with Crippen LogP contribution in [-0.4, -0.2) is 18.2 Å². The maximum absolute atomic E-state index is 13.8. The van der Waals surface area contributed by atoms with Crippen LogP contribution in [0.3, 0.4) is 0 Å². The first-order valence-corrected chi connectivity index (χ1v) is 5.46. The molecule has 1 aliphatic rings. The number of nitrogens with one attached hydrogen (secondary N) is 1. The third-order valence-corrected chi connectivity index (χ3v) is 2.98. The highest BCUT2D eigenvalue weighted by molar-refractivity contribution is 5.30. The van der Waals surface area contributed by atoms with Gasteiger partial charge in [0.15, 0.2) is 0 Å². The lowest BCUT2D eigenvalue weighted by atomic mass is 9.95. The molecule has 1 aliphatic heterocycles. The van der Waals surface area contributed by atoms with Gasteiger partial charge in [0.25, 0.3) is 5.92 Å². The Labute approximate surface area is 93.3 Å². The summed E-state index contributed by atoms with van der Waals surface area (Å²) in [6.07, 6.45) is 0.651.